The van der Waals surface area contributed by atoms with Crippen LogP contribution in [0.2, 0.25) is 5.02 Å². The molecular formula is C23H22ClN3O3. The number of pyridine rings is 1. The normalized spacial score (nSPS) is 12.3. The number of hydrogen-bond acceptors (Lipinski definition) is 5. The van der Waals surface area contributed by atoms with Crippen LogP contribution in [0.1, 0.15) is 35.2 Å². The first kappa shape index (κ1) is 20.2. The quantitative estimate of drug-likeness (QED) is 0.407. The summed E-state index contributed by atoms with van der Waals surface area (Å²) in [6.07, 6.45) is 3.21. The van der Waals surface area contributed by atoms with Crippen molar-refractivity contribution in [3.05, 3.63) is 70.8 Å². The van der Waals surface area contributed by atoms with Crippen molar-refractivity contribution in [2.24, 2.45) is 0 Å². The molecule has 1 atom stereocenters. The molecule has 3 aromatic heterocycles. The highest BCUT2D eigenvalue weighted by atomic mass is 35.5. The molecule has 3 heterocycles. The maximum absolute atomic E-state index is 13.4. The standard InChI is InChI=1S/C23H22ClN3O3/c1-14(6-11-18-5-4-12-29-18)27(3)23(28)19-13-20(16-7-9-17(24)10-8-16)25-22-21(19)15(2)26-30-22/h4-5,7-10,12-14H,6,11H2,1-3H3/t14-/m1/s1. The van der Waals surface area contributed by atoms with Crippen molar-refractivity contribution < 1.29 is 13.7 Å². The van der Waals surface area contributed by atoms with Crippen molar-refractivity contribution in [2.45, 2.75) is 32.7 Å². The summed E-state index contributed by atoms with van der Waals surface area (Å²) in [6.45, 7) is 3.84. The van der Waals surface area contributed by atoms with Crippen molar-refractivity contribution in [1.82, 2.24) is 15.0 Å². The molecule has 0 fully saturated rings. The van der Waals surface area contributed by atoms with Crippen LogP contribution in [-0.4, -0.2) is 34.0 Å². The number of carbonyl (C=O) groups is 1. The van der Waals surface area contributed by atoms with E-state index in [2.05, 4.69) is 10.1 Å². The summed E-state index contributed by atoms with van der Waals surface area (Å²) in [7, 11) is 1.81. The van der Waals surface area contributed by atoms with Gasteiger partial charge in [-0.05, 0) is 50.6 Å². The fraction of sp³-hybridized carbons (Fsp3) is 0.261. The second-order valence-corrected chi connectivity index (χ2v) is 7.83. The van der Waals surface area contributed by atoms with E-state index in [1.165, 1.54) is 0 Å². The Labute approximate surface area is 179 Å². The lowest BCUT2D eigenvalue weighted by atomic mass is 10.0. The minimum atomic E-state index is -0.101. The predicted molar refractivity (Wildman–Crippen MR) is 116 cm³/mol. The Morgan fingerprint density at radius 1 is 1.23 bits per heavy atom. The van der Waals surface area contributed by atoms with Gasteiger partial charge in [-0.25, -0.2) is 4.98 Å². The number of benzene rings is 1. The molecule has 0 spiro atoms. The highest BCUT2D eigenvalue weighted by Crippen LogP contribution is 2.29. The molecule has 0 radical (unpaired) electrons. The lowest BCUT2D eigenvalue weighted by Crippen LogP contribution is -2.35. The van der Waals surface area contributed by atoms with Gasteiger partial charge in [-0.15, -0.1) is 0 Å². The predicted octanol–water partition coefficient (Wildman–Crippen LogP) is 5.54. The van der Waals surface area contributed by atoms with Crippen molar-refractivity contribution >= 4 is 28.6 Å². The zero-order valence-corrected chi connectivity index (χ0v) is 17.8. The molecule has 4 aromatic rings. The van der Waals surface area contributed by atoms with E-state index in [0.717, 1.165) is 24.2 Å². The Bertz CT molecular complexity index is 1170. The molecule has 0 unspecified atom stereocenters. The van der Waals surface area contributed by atoms with E-state index in [1.54, 1.807) is 29.4 Å². The van der Waals surface area contributed by atoms with Gasteiger partial charge in [-0.2, -0.15) is 0 Å². The van der Waals surface area contributed by atoms with Crippen molar-refractivity contribution in [2.75, 3.05) is 7.05 Å². The largest absolute Gasteiger partial charge is 0.469 e. The fourth-order valence-electron chi connectivity index (χ4n) is 3.42. The molecule has 0 saturated carbocycles. The Balaban J connectivity index is 1.66. The number of furan rings is 1. The summed E-state index contributed by atoms with van der Waals surface area (Å²) in [5, 5.41) is 5.30. The van der Waals surface area contributed by atoms with E-state index in [0.29, 0.717) is 33.1 Å². The summed E-state index contributed by atoms with van der Waals surface area (Å²) in [6, 6.07) is 12.9. The van der Waals surface area contributed by atoms with E-state index in [1.807, 2.05) is 45.2 Å². The van der Waals surface area contributed by atoms with Crippen LogP contribution in [0.4, 0.5) is 0 Å². The fourth-order valence-corrected chi connectivity index (χ4v) is 3.55. The molecule has 0 bridgehead atoms. The average Bonchev–Trinajstić information content (AvgIpc) is 3.41. The van der Waals surface area contributed by atoms with Gasteiger partial charge in [0, 0.05) is 30.1 Å². The molecule has 0 aliphatic heterocycles. The molecule has 1 aromatic carbocycles. The minimum Gasteiger partial charge on any atom is -0.469 e. The maximum atomic E-state index is 13.4. The van der Waals surface area contributed by atoms with Crippen LogP contribution in [0.5, 0.6) is 0 Å². The third-order valence-electron chi connectivity index (χ3n) is 5.36. The molecule has 154 valence electrons. The SMILES string of the molecule is Cc1noc2nc(-c3ccc(Cl)cc3)cc(C(=O)N(C)[C@H](C)CCc3ccco3)c12. The van der Waals surface area contributed by atoms with E-state index < -0.39 is 0 Å². The van der Waals surface area contributed by atoms with Gasteiger partial charge in [0.2, 0.25) is 0 Å². The van der Waals surface area contributed by atoms with Gasteiger partial charge in [-0.1, -0.05) is 28.9 Å². The topological polar surface area (TPSA) is 72.4 Å². The van der Waals surface area contributed by atoms with Crippen LogP contribution in [0.25, 0.3) is 22.4 Å². The molecule has 4 rings (SSSR count). The second kappa shape index (κ2) is 8.32. The summed E-state index contributed by atoms with van der Waals surface area (Å²) >= 11 is 6.01. The monoisotopic (exact) mass is 423 g/mol. The number of fused-ring (bicyclic) bond motifs is 1. The Kier molecular flexibility index (Phi) is 5.59. The molecule has 0 saturated heterocycles. The zero-order chi connectivity index (χ0) is 21.3. The molecule has 0 N–H and O–H groups in total. The minimum absolute atomic E-state index is 0.0185. The summed E-state index contributed by atoms with van der Waals surface area (Å²) in [5.74, 6) is 0.810. The Hall–Kier alpha value is -3.12. The lowest BCUT2D eigenvalue weighted by Gasteiger charge is -2.25. The molecule has 0 aliphatic rings. The van der Waals surface area contributed by atoms with Gasteiger partial charge in [0.25, 0.3) is 11.6 Å². The zero-order valence-electron chi connectivity index (χ0n) is 17.1. The number of rotatable bonds is 6. The van der Waals surface area contributed by atoms with Crippen molar-refractivity contribution in [3.8, 4) is 11.3 Å². The highest BCUT2D eigenvalue weighted by Gasteiger charge is 2.24. The van der Waals surface area contributed by atoms with Crippen molar-refractivity contribution in [3.63, 3.8) is 0 Å². The number of hydrogen-bond donors (Lipinski definition) is 0. The number of aryl methyl sites for hydroxylation is 2. The van der Waals surface area contributed by atoms with E-state index >= 15 is 0 Å². The van der Waals surface area contributed by atoms with Crippen LogP contribution < -0.4 is 0 Å². The third-order valence-corrected chi connectivity index (χ3v) is 5.61. The van der Waals surface area contributed by atoms with Gasteiger partial charge in [0.05, 0.1) is 28.6 Å². The van der Waals surface area contributed by atoms with Gasteiger partial charge >= 0.3 is 0 Å². The summed E-state index contributed by atoms with van der Waals surface area (Å²) < 4.78 is 10.8. The third kappa shape index (κ3) is 3.96. The summed E-state index contributed by atoms with van der Waals surface area (Å²) in [4.78, 5) is 19.7. The van der Waals surface area contributed by atoms with Gasteiger partial charge in [0.1, 0.15) is 5.76 Å². The number of amides is 1. The number of nitrogens with zero attached hydrogens (tertiary/aromatic N) is 3. The van der Waals surface area contributed by atoms with Crippen LogP contribution in [0, 0.1) is 6.92 Å². The van der Waals surface area contributed by atoms with E-state index in [4.69, 9.17) is 20.5 Å². The maximum Gasteiger partial charge on any atom is 0.259 e. The summed E-state index contributed by atoms with van der Waals surface area (Å²) in [5.41, 5.74) is 2.99. The lowest BCUT2D eigenvalue weighted by molar-refractivity contribution is 0.0738. The Morgan fingerprint density at radius 2 is 2.00 bits per heavy atom. The van der Waals surface area contributed by atoms with Crippen LogP contribution in [-0.2, 0) is 6.42 Å². The Morgan fingerprint density at radius 3 is 2.70 bits per heavy atom. The number of aromatic nitrogens is 2. The highest BCUT2D eigenvalue weighted by molar-refractivity contribution is 6.30. The molecule has 6 nitrogen and oxygen atoms in total. The van der Waals surface area contributed by atoms with E-state index in [-0.39, 0.29) is 11.9 Å². The van der Waals surface area contributed by atoms with E-state index in [9.17, 15) is 4.79 Å². The van der Waals surface area contributed by atoms with Crippen LogP contribution >= 0.6 is 11.6 Å². The number of halogens is 1. The molecule has 30 heavy (non-hydrogen) atoms. The van der Waals surface area contributed by atoms with Crippen LogP contribution in [0.3, 0.4) is 0 Å². The first-order valence-corrected chi connectivity index (χ1v) is 10.1. The molecular weight excluding hydrogens is 402 g/mol. The molecule has 7 heteroatoms. The smallest absolute Gasteiger partial charge is 0.259 e. The molecule has 0 aliphatic carbocycles. The first-order valence-electron chi connectivity index (χ1n) is 9.76. The van der Waals surface area contributed by atoms with Gasteiger partial charge < -0.3 is 13.8 Å². The average molecular weight is 424 g/mol. The van der Waals surface area contributed by atoms with Gasteiger partial charge in [0.15, 0.2) is 0 Å². The van der Waals surface area contributed by atoms with Crippen molar-refractivity contribution in [1.29, 1.82) is 0 Å². The van der Waals surface area contributed by atoms with Gasteiger partial charge in [-0.3, -0.25) is 4.79 Å². The second-order valence-electron chi connectivity index (χ2n) is 7.39. The number of carbonyl (C=O) groups excluding carboxylic acids is 1. The van der Waals surface area contributed by atoms with Crippen LogP contribution in [0.15, 0.2) is 57.7 Å². The first-order chi connectivity index (χ1) is 14.4. The molecule has 1 amide bonds.